The number of hydrogen-bond donors (Lipinski definition) is 3. The number of rotatable bonds is 7. The van der Waals surface area contributed by atoms with Gasteiger partial charge in [-0.15, -0.1) is 0 Å². The number of nitrogens with two attached hydrogens (primary N) is 2. The van der Waals surface area contributed by atoms with E-state index in [1.54, 1.807) is 7.11 Å². The number of nitrogen functional groups attached to an aromatic ring is 1. The fraction of sp³-hybridized carbons (Fsp3) is 0.364. The number of carbonyl (C=O) groups is 1. The summed E-state index contributed by atoms with van der Waals surface area (Å²) >= 11 is 0. The number of benzene rings is 2. The molecule has 10 nitrogen and oxygen atoms in total. The Labute approximate surface area is 249 Å². The lowest BCUT2D eigenvalue weighted by Crippen LogP contribution is -2.41. The number of anilines is 3. The van der Waals surface area contributed by atoms with Gasteiger partial charge in [-0.2, -0.15) is 0 Å². The smallest absolute Gasteiger partial charge is 0.254 e. The second-order valence-electron chi connectivity index (χ2n) is 12.4. The van der Waals surface area contributed by atoms with E-state index in [4.69, 9.17) is 26.2 Å². The van der Waals surface area contributed by atoms with Crippen molar-refractivity contribution in [3.05, 3.63) is 60.2 Å². The number of carbonyl (C=O) groups excluding carboxylic acids is 1. The van der Waals surface area contributed by atoms with Crippen molar-refractivity contribution in [1.29, 1.82) is 0 Å². The van der Waals surface area contributed by atoms with E-state index in [1.807, 2.05) is 54.4 Å². The summed E-state index contributed by atoms with van der Waals surface area (Å²) in [6.45, 7) is 1.59. The maximum Gasteiger partial charge on any atom is 0.254 e. The lowest BCUT2D eigenvalue weighted by molar-refractivity contribution is 0.0700. The van der Waals surface area contributed by atoms with Gasteiger partial charge in [0.15, 0.2) is 5.82 Å². The van der Waals surface area contributed by atoms with E-state index in [0.29, 0.717) is 28.8 Å². The Morgan fingerprint density at radius 1 is 1.07 bits per heavy atom. The highest BCUT2D eigenvalue weighted by atomic mass is 16.5. The summed E-state index contributed by atoms with van der Waals surface area (Å²) in [6, 6.07) is 17.9. The fourth-order valence-corrected chi connectivity index (χ4v) is 7.16. The van der Waals surface area contributed by atoms with Crippen LogP contribution in [0.25, 0.3) is 33.6 Å². The quantitative estimate of drug-likeness (QED) is 0.235. The number of likely N-dealkylation sites (tertiary alicyclic amines) is 1. The maximum absolute atomic E-state index is 13.7. The van der Waals surface area contributed by atoms with Crippen molar-refractivity contribution in [2.45, 2.75) is 44.3 Å². The number of fused-ring (bicyclic) bond motifs is 4. The first kappa shape index (κ1) is 26.1. The Balaban J connectivity index is 1.21. The van der Waals surface area contributed by atoms with Gasteiger partial charge >= 0.3 is 0 Å². The fourth-order valence-electron chi connectivity index (χ4n) is 7.16. The molecule has 2 bridgehead atoms. The van der Waals surface area contributed by atoms with Gasteiger partial charge in [0.25, 0.3) is 5.91 Å². The summed E-state index contributed by atoms with van der Waals surface area (Å²) in [6.07, 6.45) is 4.50. The number of nitrogens with one attached hydrogen (secondary N) is 1. The van der Waals surface area contributed by atoms with Gasteiger partial charge in [-0.05, 0) is 86.1 Å². The van der Waals surface area contributed by atoms with Gasteiger partial charge in [0.1, 0.15) is 22.7 Å². The number of pyridine rings is 1. The third kappa shape index (κ3) is 4.31. The van der Waals surface area contributed by atoms with Crippen LogP contribution in [0.5, 0.6) is 5.75 Å². The van der Waals surface area contributed by atoms with E-state index in [-0.39, 0.29) is 18.0 Å². The van der Waals surface area contributed by atoms with Gasteiger partial charge in [0, 0.05) is 54.5 Å². The van der Waals surface area contributed by atoms with Gasteiger partial charge in [-0.3, -0.25) is 4.79 Å². The summed E-state index contributed by atoms with van der Waals surface area (Å²) in [7, 11) is 3.65. The van der Waals surface area contributed by atoms with Gasteiger partial charge < -0.3 is 35.6 Å². The number of nitrogens with zero attached hydrogens (tertiary/aromatic N) is 5. The summed E-state index contributed by atoms with van der Waals surface area (Å²) in [5, 5.41) is 4.44. The molecule has 4 heterocycles. The molecule has 2 aliphatic carbocycles. The van der Waals surface area contributed by atoms with Crippen LogP contribution in [0.4, 0.5) is 17.2 Å². The molecule has 3 aromatic heterocycles. The standard InChI is InChI=1S/C33H36N8O2/c1-39-30-24(12-21(14-27(30)43-2)33(42)41-17-20-8-10-25(41)29(20)35)37-32(39)26-13-19-9-11-28(36-23-5-3-4-22(34)15-23)38-31(19)40(26)16-18-6-7-18/h3-5,9,11-15,18,20,25,29H,6-8,10,16-17,34-35H2,1-2H3,(H,36,38)/t20?,25?,29-/m1/s1. The van der Waals surface area contributed by atoms with Crippen LogP contribution < -0.4 is 21.5 Å². The van der Waals surface area contributed by atoms with Crippen molar-refractivity contribution in [3.63, 3.8) is 0 Å². The molecule has 220 valence electrons. The highest BCUT2D eigenvalue weighted by molar-refractivity contribution is 6.00. The number of imidazole rings is 1. The molecule has 0 spiro atoms. The molecule has 3 aliphatic rings. The molecule has 1 amide bonds. The molecule has 1 saturated heterocycles. The molecular formula is C33H36N8O2. The molecule has 2 aromatic carbocycles. The Hall–Kier alpha value is -4.57. The summed E-state index contributed by atoms with van der Waals surface area (Å²) in [5.41, 5.74) is 18.1. The lowest BCUT2D eigenvalue weighted by atomic mass is 10.1. The predicted molar refractivity (Wildman–Crippen MR) is 168 cm³/mol. The molecule has 5 N–H and O–H groups in total. The molecular weight excluding hydrogens is 540 g/mol. The Kier molecular flexibility index (Phi) is 5.91. The second-order valence-corrected chi connectivity index (χ2v) is 12.4. The SMILES string of the molecule is COc1cc(C(=O)N2CC3CCC2[C@@H]3N)cc2nc(-c3cc4ccc(Nc5cccc(N)c5)nc4n3CC3CC3)n(C)c12. The highest BCUT2D eigenvalue weighted by Crippen LogP contribution is 2.40. The lowest BCUT2D eigenvalue weighted by Gasteiger charge is -2.27. The minimum absolute atomic E-state index is 0.00213. The number of aromatic nitrogens is 4. The largest absolute Gasteiger partial charge is 0.494 e. The minimum atomic E-state index is 0.00213. The van der Waals surface area contributed by atoms with Crippen molar-refractivity contribution < 1.29 is 9.53 Å². The molecule has 2 unspecified atom stereocenters. The third-order valence-corrected chi connectivity index (χ3v) is 9.59. The van der Waals surface area contributed by atoms with Crippen molar-refractivity contribution in [2.24, 2.45) is 24.6 Å². The molecule has 3 fully saturated rings. The van der Waals surface area contributed by atoms with Crippen LogP contribution in [0.2, 0.25) is 0 Å². The van der Waals surface area contributed by atoms with Crippen LogP contribution in [-0.2, 0) is 13.6 Å². The number of methoxy groups -OCH3 is 1. The first-order valence-electron chi connectivity index (χ1n) is 15.1. The molecule has 43 heavy (non-hydrogen) atoms. The predicted octanol–water partition coefficient (Wildman–Crippen LogP) is 4.90. The van der Waals surface area contributed by atoms with E-state index >= 15 is 0 Å². The third-order valence-electron chi connectivity index (χ3n) is 9.59. The van der Waals surface area contributed by atoms with Crippen LogP contribution in [-0.4, -0.2) is 55.6 Å². The minimum Gasteiger partial charge on any atom is -0.494 e. The molecule has 3 atom stereocenters. The average Bonchev–Trinajstić information content (AvgIpc) is 3.41. The first-order chi connectivity index (χ1) is 20.9. The van der Waals surface area contributed by atoms with Crippen molar-refractivity contribution in [1.82, 2.24) is 24.0 Å². The summed E-state index contributed by atoms with van der Waals surface area (Å²) in [5.74, 6) is 3.21. The molecule has 0 radical (unpaired) electrons. The topological polar surface area (TPSA) is 129 Å². The van der Waals surface area contributed by atoms with Crippen molar-refractivity contribution in [2.75, 3.05) is 24.7 Å². The molecule has 5 aromatic rings. The van der Waals surface area contributed by atoms with Crippen LogP contribution in [0.15, 0.2) is 54.6 Å². The van der Waals surface area contributed by atoms with Gasteiger partial charge in [-0.1, -0.05) is 6.07 Å². The van der Waals surface area contributed by atoms with E-state index in [2.05, 4.69) is 26.6 Å². The van der Waals surface area contributed by atoms with E-state index in [1.165, 1.54) is 12.8 Å². The van der Waals surface area contributed by atoms with Crippen molar-refractivity contribution in [3.8, 4) is 17.3 Å². The van der Waals surface area contributed by atoms with Gasteiger partial charge in [0.05, 0.1) is 18.3 Å². The molecule has 2 saturated carbocycles. The monoisotopic (exact) mass is 576 g/mol. The zero-order valence-corrected chi connectivity index (χ0v) is 24.5. The van der Waals surface area contributed by atoms with E-state index in [0.717, 1.165) is 71.0 Å². The highest BCUT2D eigenvalue weighted by Gasteiger charge is 2.47. The second kappa shape index (κ2) is 9.74. The number of amides is 1. The zero-order chi connectivity index (χ0) is 29.4. The molecule has 8 rings (SSSR count). The van der Waals surface area contributed by atoms with Crippen LogP contribution in [0, 0.1) is 11.8 Å². The Morgan fingerprint density at radius 2 is 1.93 bits per heavy atom. The number of hydrogen-bond acceptors (Lipinski definition) is 7. The Bertz CT molecular complexity index is 1900. The van der Waals surface area contributed by atoms with Crippen LogP contribution in [0.1, 0.15) is 36.0 Å². The average molecular weight is 577 g/mol. The molecule has 1 aliphatic heterocycles. The van der Waals surface area contributed by atoms with E-state index < -0.39 is 0 Å². The normalized spacial score (nSPS) is 21.3. The first-order valence-corrected chi connectivity index (χ1v) is 15.1. The van der Waals surface area contributed by atoms with E-state index in [9.17, 15) is 4.79 Å². The van der Waals surface area contributed by atoms with Crippen LogP contribution in [0.3, 0.4) is 0 Å². The number of piperidine rings is 1. The van der Waals surface area contributed by atoms with Gasteiger partial charge in [0.2, 0.25) is 0 Å². The van der Waals surface area contributed by atoms with Crippen LogP contribution >= 0.6 is 0 Å². The zero-order valence-electron chi connectivity index (χ0n) is 24.5. The maximum atomic E-state index is 13.7. The summed E-state index contributed by atoms with van der Waals surface area (Å²) < 4.78 is 10.2. The van der Waals surface area contributed by atoms with Gasteiger partial charge in [-0.25, -0.2) is 9.97 Å². The number of aryl methyl sites for hydroxylation is 1. The van der Waals surface area contributed by atoms with Crippen molar-refractivity contribution >= 4 is 45.2 Å². The number of ether oxygens (including phenoxy) is 1. The molecule has 10 heteroatoms. The Morgan fingerprint density at radius 3 is 2.65 bits per heavy atom. The summed E-state index contributed by atoms with van der Waals surface area (Å²) in [4.78, 5) is 25.8.